The van der Waals surface area contributed by atoms with E-state index in [1.807, 2.05) is 13.2 Å². The number of rotatable bonds is 2. The molecule has 0 radical (unpaired) electrons. The zero-order chi connectivity index (χ0) is 9.14. The molecule has 4 heteroatoms. The first-order chi connectivity index (χ1) is 5.69. The van der Waals surface area contributed by atoms with Gasteiger partial charge in [0.25, 0.3) is 5.56 Å². The van der Waals surface area contributed by atoms with Crippen molar-refractivity contribution in [2.45, 2.75) is 25.4 Å². The first-order valence-electron chi connectivity index (χ1n) is 3.82. The van der Waals surface area contributed by atoms with Crippen LogP contribution in [-0.2, 0) is 6.42 Å². The minimum absolute atomic E-state index is 0.0220. The van der Waals surface area contributed by atoms with Crippen LogP contribution in [0.2, 0.25) is 0 Å². The summed E-state index contributed by atoms with van der Waals surface area (Å²) in [4.78, 5) is 18.2. The highest BCUT2D eigenvalue weighted by Gasteiger charge is 2.03. The van der Waals surface area contributed by atoms with Gasteiger partial charge in [-0.05, 0) is 19.6 Å². The van der Waals surface area contributed by atoms with E-state index in [1.165, 1.54) is 11.8 Å². The molecule has 0 spiro atoms. The topological polar surface area (TPSA) is 45.8 Å². The lowest BCUT2D eigenvalue weighted by molar-refractivity contribution is 0.849. The third-order valence-electron chi connectivity index (χ3n) is 1.76. The van der Waals surface area contributed by atoms with Crippen molar-refractivity contribution < 1.29 is 0 Å². The predicted molar refractivity (Wildman–Crippen MR) is 50.8 cm³/mol. The fraction of sp³-hybridized carbons (Fsp3) is 0.500. The molecule has 66 valence electrons. The van der Waals surface area contributed by atoms with Crippen molar-refractivity contribution in [3.05, 3.63) is 21.6 Å². The van der Waals surface area contributed by atoms with Gasteiger partial charge in [0, 0.05) is 5.56 Å². The standard InChI is InChI=1S/C8H12N2OS/c1-4-6-5(2)7(11)10-8(9-6)12-3/h4H2,1-3H3,(H,9,10,11). The first-order valence-corrected chi connectivity index (χ1v) is 5.05. The van der Waals surface area contributed by atoms with Crippen molar-refractivity contribution in [3.8, 4) is 0 Å². The largest absolute Gasteiger partial charge is 0.301 e. The average molecular weight is 184 g/mol. The van der Waals surface area contributed by atoms with Crippen LogP contribution in [0.15, 0.2) is 9.95 Å². The number of nitrogens with one attached hydrogen (secondary N) is 1. The van der Waals surface area contributed by atoms with E-state index in [0.29, 0.717) is 5.16 Å². The molecule has 0 amide bonds. The maximum atomic E-state index is 11.3. The van der Waals surface area contributed by atoms with Crippen LogP contribution in [0.3, 0.4) is 0 Å². The molecule has 0 aliphatic carbocycles. The second-order valence-electron chi connectivity index (χ2n) is 2.50. The van der Waals surface area contributed by atoms with E-state index in [-0.39, 0.29) is 5.56 Å². The summed E-state index contributed by atoms with van der Waals surface area (Å²) < 4.78 is 0. The number of aryl methyl sites for hydroxylation is 1. The van der Waals surface area contributed by atoms with Gasteiger partial charge in [0.15, 0.2) is 5.16 Å². The number of aromatic nitrogens is 2. The van der Waals surface area contributed by atoms with Gasteiger partial charge in [-0.3, -0.25) is 4.79 Å². The number of hydrogen-bond donors (Lipinski definition) is 1. The molecule has 0 saturated heterocycles. The molecular formula is C8H12N2OS. The molecule has 0 fully saturated rings. The van der Waals surface area contributed by atoms with Crippen LogP contribution < -0.4 is 5.56 Å². The highest BCUT2D eigenvalue weighted by molar-refractivity contribution is 7.98. The molecule has 1 heterocycles. The molecule has 0 atom stereocenters. The molecule has 0 saturated carbocycles. The minimum Gasteiger partial charge on any atom is -0.301 e. The smallest absolute Gasteiger partial charge is 0.254 e. The normalized spacial score (nSPS) is 10.2. The Hall–Kier alpha value is -0.770. The fourth-order valence-electron chi connectivity index (χ4n) is 0.997. The highest BCUT2D eigenvalue weighted by atomic mass is 32.2. The molecule has 0 bridgehead atoms. The molecule has 0 aromatic carbocycles. The summed E-state index contributed by atoms with van der Waals surface area (Å²) in [6, 6.07) is 0. The molecule has 0 aliphatic heterocycles. The zero-order valence-electron chi connectivity index (χ0n) is 7.47. The number of hydrogen-bond acceptors (Lipinski definition) is 3. The van der Waals surface area contributed by atoms with Crippen molar-refractivity contribution in [2.75, 3.05) is 6.26 Å². The molecule has 1 N–H and O–H groups in total. The monoisotopic (exact) mass is 184 g/mol. The summed E-state index contributed by atoms with van der Waals surface area (Å²) in [6.45, 7) is 3.80. The molecule has 0 aliphatic rings. The number of thioether (sulfide) groups is 1. The van der Waals surface area contributed by atoms with Gasteiger partial charge in [-0.1, -0.05) is 18.7 Å². The van der Waals surface area contributed by atoms with Gasteiger partial charge >= 0.3 is 0 Å². The summed E-state index contributed by atoms with van der Waals surface area (Å²) in [5.41, 5.74) is 1.60. The molecule has 0 unspecified atom stereocenters. The first kappa shape index (κ1) is 9.32. The van der Waals surface area contributed by atoms with Gasteiger partial charge in [-0.25, -0.2) is 4.98 Å². The Morgan fingerprint density at radius 3 is 2.75 bits per heavy atom. The Morgan fingerprint density at radius 1 is 1.58 bits per heavy atom. The molecule has 1 rings (SSSR count). The lowest BCUT2D eigenvalue weighted by Gasteiger charge is -2.02. The maximum Gasteiger partial charge on any atom is 0.254 e. The van der Waals surface area contributed by atoms with Crippen molar-refractivity contribution in [1.29, 1.82) is 0 Å². The summed E-state index contributed by atoms with van der Waals surface area (Å²) >= 11 is 1.45. The number of nitrogens with zero attached hydrogens (tertiary/aromatic N) is 1. The second kappa shape index (κ2) is 3.76. The quantitative estimate of drug-likeness (QED) is 0.557. The van der Waals surface area contributed by atoms with Crippen molar-refractivity contribution in [2.24, 2.45) is 0 Å². The SMILES string of the molecule is CCc1nc(SC)[nH]c(=O)c1C. The van der Waals surface area contributed by atoms with E-state index in [1.54, 1.807) is 6.92 Å². The average Bonchev–Trinajstić information content (AvgIpc) is 2.09. The Kier molecular flexibility index (Phi) is 2.92. The van der Waals surface area contributed by atoms with Crippen LogP contribution in [0.4, 0.5) is 0 Å². The van der Waals surface area contributed by atoms with Gasteiger partial charge in [-0.2, -0.15) is 0 Å². The van der Waals surface area contributed by atoms with Gasteiger partial charge in [0.2, 0.25) is 0 Å². The number of aromatic amines is 1. The predicted octanol–water partition coefficient (Wildman–Crippen LogP) is 1.36. The minimum atomic E-state index is -0.0220. The number of H-pyrrole nitrogens is 1. The van der Waals surface area contributed by atoms with E-state index in [2.05, 4.69) is 9.97 Å². The van der Waals surface area contributed by atoms with Crippen LogP contribution in [0, 0.1) is 6.92 Å². The highest BCUT2D eigenvalue weighted by Crippen LogP contribution is 2.08. The van der Waals surface area contributed by atoms with Gasteiger partial charge < -0.3 is 4.98 Å². The van der Waals surface area contributed by atoms with Crippen LogP contribution in [0.5, 0.6) is 0 Å². The summed E-state index contributed by atoms with van der Waals surface area (Å²) in [5.74, 6) is 0. The Labute approximate surface area is 75.6 Å². The molecule has 3 nitrogen and oxygen atoms in total. The molecular weight excluding hydrogens is 172 g/mol. The second-order valence-corrected chi connectivity index (χ2v) is 3.30. The van der Waals surface area contributed by atoms with Gasteiger partial charge in [0.1, 0.15) is 0 Å². The Bertz CT molecular complexity index is 332. The van der Waals surface area contributed by atoms with Crippen LogP contribution in [0.1, 0.15) is 18.2 Å². The maximum absolute atomic E-state index is 11.3. The van der Waals surface area contributed by atoms with Crippen LogP contribution in [-0.4, -0.2) is 16.2 Å². The fourth-order valence-corrected chi connectivity index (χ4v) is 1.39. The summed E-state index contributed by atoms with van der Waals surface area (Å²) in [5, 5.41) is 0.697. The lowest BCUT2D eigenvalue weighted by Crippen LogP contribution is -2.15. The van der Waals surface area contributed by atoms with E-state index < -0.39 is 0 Å². The van der Waals surface area contributed by atoms with E-state index in [0.717, 1.165) is 17.7 Å². The van der Waals surface area contributed by atoms with Crippen molar-refractivity contribution in [1.82, 2.24) is 9.97 Å². The summed E-state index contributed by atoms with van der Waals surface area (Å²) in [6.07, 6.45) is 2.70. The third kappa shape index (κ3) is 1.69. The zero-order valence-corrected chi connectivity index (χ0v) is 8.29. The van der Waals surface area contributed by atoms with E-state index in [4.69, 9.17) is 0 Å². The van der Waals surface area contributed by atoms with Gasteiger partial charge in [-0.15, -0.1) is 0 Å². The van der Waals surface area contributed by atoms with Crippen LogP contribution >= 0.6 is 11.8 Å². The van der Waals surface area contributed by atoms with Gasteiger partial charge in [0.05, 0.1) is 5.69 Å². The molecule has 1 aromatic heterocycles. The van der Waals surface area contributed by atoms with E-state index in [9.17, 15) is 4.79 Å². The third-order valence-corrected chi connectivity index (χ3v) is 2.34. The summed E-state index contributed by atoms with van der Waals surface area (Å²) in [7, 11) is 0. The van der Waals surface area contributed by atoms with Crippen LogP contribution in [0.25, 0.3) is 0 Å². The molecule has 12 heavy (non-hydrogen) atoms. The van der Waals surface area contributed by atoms with Crippen molar-refractivity contribution >= 4 is 11.8 Å². The lowest BCUT2D eigenvalue weighted by atomic mass is 10.2. The Morgan fingerprint density at radius 2 is 2.25 bits per heavy atom. The Balaban J connectivity index is 3.29. The van der Waals surface area contributed by atoms with Crippen molar-refractivity contribution in [3.63, 3.8) is 0 Å². The molecule has 1 aromatic rings. The van der Waals surface area contributed by atoms with E-state index >= 15 is 0 Å².